The molecule has 0 amide bonds. The zero-order valence-electron chi connectivity index (χ0n) is 15.1. The van der Waals surface area contributed by atoms with E-state index in [4.69, 9.17) is 0 Å². The van der Waals surface area contributed by atoms with E-state index in [1.807, 2.05) is 73.3 Å². The van der Waals surface area contributed by atoms with E-state index in [1.54, 1.807) is 18.6 Å². The van der Waals surface area contributed by atoms with Gasteiger partial charge in [0.15, 0.2) is 0 Å². The Morgan fingerprint density at radius 2 is 1.79 bits per heavy atom. The smallest absolute Gasteiger partial charge is 0.502 e. The Balaban J connectivity index is 0.000000165. The van der Waals surface area contributed by atoms with Crippen LogP contribution in [0, 0.1) is 12.7 Å². The van der Waals surface area contributed by atoms with Gasteiger partial charge >= 0.3 is 20.1 Å². The molecule has 0 atom stereocenters. The van der Waals surface area contributed by atoms with Gasteiger partial charge in [0.1, 0.15) is 5.82 Å². The van der Waals surface area contributed by atoms with Crippen molar-refractivity contribution in [2.45, 2.75) is 0 Å². The SMILES string of the molecule is CN1[CH-]N(c2[c-]cccc2)c2ncccc21.[Ir+3].c1ccc(-c2ncc[n-]2)nc1. The number of aromatic nitrogens is 4. The van der Waals surface area contributed by atoms with Crippen molar-refractivity contribution in [1.82, 2.24) is 19.9 Å². The Hall–Kier alpha value is -3.02. The van der Waals surface area contributed by atoms with Gasteiger partial charge in [-0.15, -0.1) is 5.69 Å². The van der Waals surface area contributed by atoms with E-state index in [2.05, 4.69) is 37.0 Å². The van der Waals surface area contributed by atoms with Crippen LogP contribution in [-0.4, -0.2) is 22.0 Å². The van der Waals surface area contributed by atoms with Crippen LogP contribution in [-0.2, 0) is 20.1 Å². The number of pyridine rings is 2. The topological polar surface area (TPSA) is 59.3 Å². The first kappa shape index (κ1) is 19.7. The number of imidazole rings is 1. The molecule has 28 heavy (non-hydrogen) atoms. The number of benzene rings is 1. The van der Waals surface area contributed by atoms with Crippen molar-refractivity contribution in [2.24, 2.45) is 0 Å². The first-order valence-electron chi connectivity index (χ1n) is 8.47. The predicted octanol–water partition coefficient (Wildman–Crippen LogP) is 3.69. The minimum absolute atomic E-state index is 0. The second kappa shape index (κ2) is 9.26. The number of anilines is 3. The molecule has 3 aromatic heterocycles. The van der Waals surface area contributed by atoms with Crippen LogP contribution in [0.3, 0.4) is 0 Å². The fourth-order valence-electron chi connectivity index (χ4n) is 2.72. The minimum Gasteiger partial charge on any atom is -0.502 e. The zero-order valence-corrected chi connectivity index (χ0v) is 17.5. The van der Waals surface area contributed by atoms with Crippen molar-refractivity contribution in [1.29, 1.82) is 0 Å². The van der Waals surface area contributed by atoms with E-state index >= 15 is 0 Å². The first-order valence-corrected chi connectivity index (χ1v) is 8.47. The number of nitrogens with zero attached hydrogens (tertiary/aromatic N) is 6. The second-order valence-electron chi connectivity index (χ2n) is 5.79. The van der Waals surface area contributed by atoms with Crippen molar-refractivity contribution < 1.29 is 20.1 Å². The Morgan fingerprint density at radius 3 is 2.50 bits per heavy atom. The van der Waals surface area contributed by atoms with Crippen molar-refractivity contribution in [3.63, 3.8) is 0 Å². The van der Waals surface area contributed by atoms with E-state index < -0.39 is 0 Å². The molecule has 7 heteroatoms. The summed E-state index contributed by atoms with van der Waals surface area (Å²) in [4.78, 5) is 20.6. The molecule has 140 valence electrons. The average Bonchev–Trinajstić information content (AvgIpc) is 3.39. The van der Waals surface area contributed by atoms with Crippen LogP contribution in [0.2, 0.25) is 0 Å². The fraction of sp³-hybridized carbons (Fsp3) is 0.0476. The molecule has 0 saturated carbocycles. The van der Waals surface area contributed by atoms with E-state index in [1.165, 1.54) is 0 Å². The van der Waals surface area contributed by atoms with E-state index in [0.717, 1.165) is 22.9 Å². The predicted molar refractivity (Wildman–Crippen MR) is 105 cm³/mol. The Labute approximate surface area is 177 Å². The van der Waals surface area contributed by atoms with Crippen molar-refractivity contribution >= 4 is 17.2 Å². The third-order valence-electron chi connectivity index (χ3n) is 3.97. The molecule has 5 rings (SSSR count). The first-order chi connectivity index (χ1) is 13.3. The molecule has 0 spiro atoms. The number of fused-ring (bicyclic) bond motifs is 1. The fourth-order valence-corrected chi connectivity index (χ4v) is 2.72. The summed E-state index contributed by atoms with van der Waals surface area (Å²) in [6.45, 7) is 2.02. The Morgan fingerprint density at radius 1 is 0.929 bits per heavy atom. The van der Waals surface area contributed by atoms with Gasteiger partial charge in [0.2, 0.25) is 0 Å². The van der Waals surface area contributed by atoms with Crippen LogP contribution >= 0.6 is 0 Å². The van der Waals surface area contributed by atoms with Crippen LogP contribution < -0.4 is 14.8 Å². The van der Waals surface area contributed by atoms with E-state index in [9.17, 15) is 0 Å². The molecule has 1 aliphatic rings. The van der Waals surface area contributed by atoms with Crippen LogP contribution in [0.25, 0.3) is 11.5 Å². The molecule has 0 fully saturated rings. The van der Waals surface area contributed by atoms with Gasteiger partial charge < -0.3 is 19.8 Å². The Bertz CT molecular complexity index is 976. The third kappa shape index (κ3) is 4.27. The maximum atomic E-state index is 4.40. The summed E-state index contributed by atoms with van der Waals surface area (Å²) >= 11 is 0. The van der Waals surface area contributed by atoms with E-state index in [0.29, 0.717) is 5.82 Å². The van der Waals surface area contributed by atoms with Gasteiger partial charge in [0, 0.05) is 18.1 Å². The van der Waals surface area contributed by atoms with Gasteiger partial charge in [-0.25, -0.2) is 4.98 Å². The number of rotatable bonds is 2. The zero-order chi connectivity index (χ0) is 18.5. The van der Waals surface area contributed by atoms with Gasteiger partial charge in [-0.2, -0.15) is 37.0 Å². The van der Waals surface area contributed by atoms with Gasteiger partial charge in [0.05, 0.1) is 5.69 Å². The summed E-state index contributed by atoms with van der Waals surface area (Å²) in [6.07, 6.45) is 6.85. The van der Waals surface area contributed by atoms with Crippen LogP contribution in [0.5, 0.6) is 0 Å². The summed E-state index contributed by atoms with van der Waals surface area (Å²) in [5.41, 5.74) is 2.93. The molecule has 0 radical (unpaired) electrons. The summed E-state index contributed by atoms with van der Waals surface area (Å²) < 4.78 is 0. The maximum absolute atomic E-state index is 4.40. The molecule has 0 bridgehead atoms. The van der Waals surface area contributed by atoms with Gasteiger partial charge in [0.25, 0.3) is 0 Å². The molecule has 0 saturated heterocycles. The molecule has 1 aromatic carbocycles. The van der Waals surface area contributed by atoms with Crippen LogP contribution in [0.1, 0.15) is 0 Å². The summed E-state index contributed by atoms with van der Waals surface area (Å²) in [7, 11) is 2.02. The normalized spacial score (nSPS) is 11.9. The largest absolute Gasteiger partial charge is 3.00 e. The molecule has 4 aromatic rings. The summed E-state index contributed by atoms with van der Waals surface area (Å²) in [5, 5.41) is 0. The maximum Gasteiger partial charge on any atom is 3.00 e. The second-order valence-corrected chi connectivity index (χ2v) is 5.79. The minimum atomic E-state index is 0. The van der Waals surface area contributed by atoms with Crippen molar-refractivity contribution in [3.8, 4) is 11.5 Å². The van der Waals surface area contributed by atoms with Crippen molar-refractivity contribution in [2.75, 3.05) is 16.8 Å². The number of hydrogen-bond acceptors (Lipinski definition) is 5. The van der Waals surface area contributed by atoms with Gasteiger partial charge in [-0.3, -0.25) is 4.98 Å². The van der Waals surface area contributed by atoms with Crippen molar-refractivity contribution in [3.05, 3.63) is 92.1 Å². The quantitative estimate of drug-likeness (QED) is 0.358. The molecule has 6 nitrogen and oxygen atoms in total. The van der Waals surface area contributed by atoms with Crippen LogP contribution in [0.15, 0.2) is 79.4 Å². The molecular weight excluding hydrogens is 528 g/mol. The Kier molecular flexibility index (Phi) is 6.53. The average molecular weight is 546 g/mol. The van der Waals surface area contributed by atoms with Gasteiger partial charge in [-0.1, -0.05) is 18.5 Å². The van der Waals surface area contributed by atoms with Gasteiger partial charge in [-0.05, 0) is 37.1 Å². The number of hydrogen-bond donors (Lipinski definition) is 0. The third-order valence-corrected chi connectivity index (χ3v) is 3.97. The monoisotopic (exact) mass is 546 g/mol. The summed E-state index contributed by atoms with van der Waals surface area (Å²) in [5.74, 6) is 1.64. The molecule has 1 aliphatic heterocycles. The standard InChI is InChI=1S/C13H11N3.C8H6N3.Ir/c1-15-10-16(11-6-3-2-4-7-11)13-12(15)8-5-9-14-13;1-2-4-9-7(3-1)8-10-5-6-11-8;/h2-6,8-10H,1H3;1-6H;/q-2;-1;+3. The molecule has 0 aliphatic carbocycles. The molecular formula is C21H17IrN6. The number of para-hydroxylation sites is 1. The van der Waals surface area contributed by atoms with E-state index in [-0.39, 0.29) is 20.1 Å². The van der Waals surface area contributed by atoms with Crippen LogP contribution in [0.4, 0.5) is 17.2 Å². The molecule has 0 N–H and O–H groups in total. The summed E-state index contributed by atoms with van der Waals surface area (Å²) in [6, 6.07) is 20.8. The molecule has 0 unspecified atom stereocenters. The molecule has 4 heterocycles.